The van der Waals surface area contributed by atoms with Gasteiger partial charge < -0.3 is 5.32 Å². The third kappa shape index (κ3) is 4.28. The van der Waals surface area contributed by atoms with Gasteiger partial charge in [0.1, 0.15) is 11.6 Å². The van der Waals surface area contributed by atoms with E-state index in [1.807, 2.05) is 0 Å². The van der Waals surface area contributed by atoms with E-state index in [-0.39, 0.29) is 16.9 Å². The van der Waals surface area contributed by atoms with Crippen LogP contribution >= 0.6 is 0 Å². The number of anilines is 1. The number of alkyl halides is 3. The number of hydrogen-bond acceptors (Lipinski definition) is 3. The van der Waals surface area contributed by atoms with Crippen LogP contribution in [0.3, 0.4) is 0 Å². The Morgan fingerprint density at radius 2 is 1.85 bits per heavy atom. The quantitative estimate of drug-likeness (QED) is 0.665. The van der Waals surface area contributed by atoms with E-state index in [9.17, 15) is 22.4 Å². The van der Waals surface area contributed by atoms with E-state index in [0.29, 0.717) is 5.56 Å². The summed E-state index contributed by atoms with van der Waals surface area (Å²) in [5.74, 6) is -1.36. The van der Waals surface area contributed by atoms with Gasteiger partial charge in [0, 0.05) is 23.5 Å². The van der Waals surface area contributed by atoms with Crippen molar-refractivity contribution < 1.29 is 22.4 Å². The fraction of sp³-hybridized carbons (Fsp3) is 0.105. The van der Waals surface area contributed by atoms with Crippen LogP contribution in [0.25, 0.3) is 11.1 Å². The maximum Gasteiger partial charge on any atom is 0.416 e. The molecule has 0 radical (unpaired) electrons. The number of carbonyl (C=O) groups is 1. The molecule has 0 aliphatic rings. The molecule has 4 nitrogen and oxygen atoms in total. The van der Waals surface area contributed by atoms with Crippen LogP contribution in [0.4, 0.5) is 23.4 Å². The number of amides is 1. The van der Waals surface area contributed by atoms with Crippen molar-refractivity contribution in [3.8, 4) is 11.1 Å². The van der Waals surface area contributed by atoms with Crippen LogP contribution in [0.5, 0.6) is 0 Å². The molecule has 1 amide bonds. The summed E-state index contributed by atoms with van der Waals surface area (Å²) in [6.07, 6.45) is -0.768. The number of nitrogens with zero attached hydrogens (tertiary/aromatic N) is 2. The normalized spacial score (nSPS) is 11.3. The van der Waals surface area contributed by atoms with Crippen LogP contribution in [-0.4, -0.2) is 15.9 Å². The van der Waals surface area contributed by atoms with Crippen molar-refractivity contribution in [3.63, 3.8) is 0 Å². The summed E-state index contributed by atoms with van der Waals surface area (Å²) in [4.78, 5) is 20.0. The van der Waals surface area contributed by atoms with E-state index in [1.165, 1.54) is 24.5 Å². The van der Waals surface area contributed by atoms with E-state index in [0.717, 1.165) is 30.0 Å². The lowest BCUT2D eigenvalue weighted by Gasteiger charge is -2.13. The first-order chi connectivity index (χ1) is 12.7. The largest absolute Gasteiger partial charge is 0.416 e. The molecule has 0 aliphatic carbocycles. The summed E-state index contributed by atoms with van der Waals surface area (Å²) in [5.41, 5.74) is 0.260. The Hall–Kier alpha value is -3.29. The highest BCUT2D eigenvalue weighted by Gasteiger charge is 2.32. The maximum absolute atomic E-state index is 13.3. The van der Waals surface area contributed by atoms with Gasteiger partial charge in [-0.15, -0.1) is 0 Å². The lowest BCUT2D eigenvalue weighted by molar-refractivity contribution is -0.137. The summed E-state index contributed by atoms with van der Waals surface area (Å²) in [6, 6.07) is 7.03. The van der Waals surface area contributed by atoms with Crippen molar-refractivity contribution >= 4 is 11.7 Å². The molecule has 138 valence electrons. The van der Waals surface area contributed by atoms with Crippen LogP contribution in [-0.2, 0) is 6.18 Å². The molecule has 1 N–H and O–H groups in total. The summed E-state index contributed by atoms with van der Waals surface area (Å²) >= 11 is 0. The topological polar surface area (TPSA) is 54.9 Å². The van der Waals surface area contributed by atoms with Crippen molar-refractivity contribution in [2.45, 2.75) is 13.1 Å². The molecule has 0 saturated heterocycles. The second-order valence-electron chi connectivity index (χ2n) is 5.80. The van der Waals surface area contributed by atoms with Crippen molar-refractivity contribution in [2.24, 2.45) is 0 Å². The second kappa shape index (κ2) is 7.14. The van der Waals surface area contributed by atoms with Gasteiger partial charge in [0.05, 0.1) is 11.8 Å². The summed E-state index contributed by atoms with van der Waals surface area (Å²) in [7, 11) is 0. The van der Waals surface area contributed by atoms with Gasteiger partial charge in [0.2, 0.25) is 0 Å². The lowest BCUT2D eigenvalue weighted by atomic mass is 9.97. The van der Waals surface area contributed by atoms with Crippen LogP contribution in [0.15, 0.2) is 55.0 Å². The number of aryl methyl sites for hydroxylation is 1. The molecular weight excluding hydrogens is 362 g/mol. The van der Waals surface area contributed by atoms with Crippen molar-refractivity contribution in [1.29, 1.82) is 0 Å². The Morgan fingerprint density at radius 3 is 2.48 bits per heavy atom. The third-order valence-electron chi connectivity index (χ3n) is 3.84. The fourth-order valence-electron chi connectivity index (χ4n) is 2.48. The van der Waals surface area contributed by atoms with Crippen molar-refractivity contribution in [3.05, 3.63) is 77.5 Å². The zero-order valence-electron chi connectivity index (χ0n) is 14.0. The molecule has 0 saturated carbocycles. The molecule has 0 atom stereocenters. The number of pyridine rings is 2. The maximum atomic E-state index is 13.3. The summed E-state index contributed by atoms with van der Waals surface area (Å²) in [5, 5.41) is 2.36. The minimum absolute atomic E-state index is 0.0259. The molecule has 0 bridgehead atoms. The fourth-order valence-corrected chi connectivity index (χ4v) is 2.48. The highest BCUT2D eigenvalue weighted by atomic mass is 19.4. The molecule has 0 unspecified atom stereocenters. The van der Waals surface area contributed by atoms with E-state index >= 15 is 0 Å². The number of aromatic nitrogens is 2. The van der Waals surface area contributed by atoms with Gasteiger partial charge in [0.25, 0.3) is 5.91 Å². The van der Waals surface area contributed by atoms with Crippen LogP contribution < -0.4 is 5.32 Å². The molecule has 0 spiro atoms. The first-order valence-corrected chi connectivity index (χ1v) is 7.80. The predicted molar refractivity (Wildman–Crippen MR) is 91.6 cm³/mol. The number of carbonyl (C=O) groups excluding carboxylic acids is 1. The van der Waals surface area contributed by atoms with Gasteiger partial charge in [-0.2, -0.15) is 13.2 Å². The van der Waals surface area contributed by atoms with Crippen molar-refractivity contribution in [1.82, 2.24) is 9.97 Å². The second-order valence-corrected chi connectivity index (χ2v) is 5.80. The molecule has 3 rings (SSSR count). The number of benzene rings is 1. The molecule has 2 heterocycles. The number of nitrogens with one attached hydrogen (secondary N) is 1. The highest BCUT2D eigenvalue weighted by molar-refractivity contribution is 6.04. The number of hydrogen-bond donors (Lipinski definition) is 1. The molecule has 27 heavy (non-hydrogen) atoms. The Balaban J connectivity index is 2.03. The minimum Gasteiger partial charge on any atom is -0.307 e. The molecule has 0 fully saturated rings. The van der Waals surface area contributed by atoms with Gasteiger partial charge in [-0.05, 0) is 54.4 Å². The average molecular weight is 375 g/mol. The van der Waals surface area contributed by atoms with Crippen LogP contribution in [0, 0.1) is 12.7 Å². The summed E-state index contributed by atoms with van der Waals surface area (Å²) in [6.45, 7) is 1.74. The third-order valence-corrected chi connectivity index (χ3v) is 3.84. The molecule has 0 aliphatic heterocycles. The monoisotopic (exact) mass is 375 g/mol. The zero-order valence-corrected chi connectivity index (χ0v) is 14.0. The number of halogens is 4. The van der Waals surface area contributed by atoms with E-state index < -0.39 is 23.5 Å². The minimum atomic E-state index is -4.63. The standard InChI is InChI=1S/C19H13F4N3O/c1-11-4-5-24-10-16(11)12-6-13(8-14(7-12)19(21,22)23)18(27)26-17-3-2-15(20)9-25-17/h2-10H,1H3,(H,25,26,27). The van der Waals surface area contributed by atoms with Gasteiger partial charge in [-0.1, -0.05) is 0 Å². The van der Waals surface area contributed by atoms with Crippen LogP contribution in [0.2, 0.25) is 0 Å². The SMILES string of the molecule is Cc1ccncc1-c1cc(C(=O)Nc2ccc(F)cn2)cc(C(F)(F)F)c1. The van der Waals surface area contributed by atoms with Gasteiger partial charge in [-0.3, -0.25) is 9.78 Å². The summed E-state index contributed by atoms with van der Waals surface area (Å²) < 4.78 is 52.8. The Labute approximate surface area is 151 Å². The van der Waals surface area contributed by atoms with E-state index in [2.05, 4.69) is 15.3 Å². The predicted octanol–water partition coefficient (Wildman–Crippen LogP) is 4.86. The van der Waals surface area contributed by atoms with Crippen molar-refractivity contribution in [2.75, 3.05) is 5.32 Å². The molecule has 2 aromatic heterocycles. The Bertz CT molecular complexity index is 985. The van der Waals surface area contributed by atoms with Gasteiger partial charge in [-0.25, -0.2) is 9.37 Å². The average Bonchev–Trinajstić information content (AvgIpc) is 2.63. The van der Waals surface area contributed by atoms with E-state index in [1.54, 1.807) is 13.0 Å². The zero-order chi connectivity index (χ0) is 19.6. The first-order valence-electron chi connectivity index (χ1n) is 7.80. The lowest BCUT2D eigenvalue weighted by Crippen LogP contribution is -2.15. The molecule has 1 aromatic carbocycles. The number of rotatable bonds is 3. The van der Waals surface area contributed by atoms with Crippen LogP contribution in [0.1, 0.15) is 21.5 Å². The highest BCUT2D eigenvalue weighted by Crippen LogP contribution is 2.34. The Morgan fingerprint density at radius 1 is 1.07 bits per heavy atom. The Kier molecular flexibility index (Phi) is 4.89. The van der Waals surface area contributed by atoms with E-state index in [4.69, 9.17) is 0 Å². The first kappa shape index (κ1) is 18.5. The van der Waals surface area contributed by atoms with Gasteiger partial charge >= 0.3 is 6.18 Å². The van der Waals surface area contributed by atoms with Gasteiger partial charge in [0.15, 0.2) is 0 Å². The molecular formula is C19H13F4N3O. The molecule has 3 aromatic rings. The molecule has 8 heteroatoms. The smallest absolute Gasteiger partial charge is 0.307 e.